The summed E-state index contributed by atoms with van der Waals surface area (Å²) >= 11 is 0. The lowest BCUT2D eigenvalue weighted by Gasteiger charge is -2.29. The molecule has 4 aromatic carbocycles. The molecule has 4 amide bonds. The lowest BCUT2D eigenvalue weighted by molar-refractivity contribution is -0.135. The van der Waals surface area contributed by atoms with E-state index in [0.717, 1.165) is 12.5 Å². The number of nitrogens with one attached hydrogen (secondary N) is 4. The Morgan fingerprint density at radius 2 is 1.12 bits per heavy atom. The van der Waals surface area contributed by atoms with Gasteiger partial charge in [-0.15, -0.1) is 0 Å². The number of hydrogen-bond acceptors (Lipinski definition) is 12. The molecule has 4 atom stereocenters. The number of halogens is 1. The van der Waals surface area contributed by atoms with Gasteiger partial charge in [-0.2, -0.15) is 0 Å². The molecule has 0 saturated carbocycles. The quantitative estimate of drug-likeness (QED) is 0.0846. The van der Waals surface area contributed by atoms with Crippen LogP contribution in [0.3, 0.4) is 0 Å². The molecule has 18 nitrogen and oxygen atoms in total. The van der Waals surface area contributed by atoms with Crippen molar-refractivity contribution < 1.29 is 46.9 Å². The maximum absolute atomic E-state index is 16.2. The third-order valence-corrected chi connectivity index (χ3v) is 14.4. The van der Waals surface area contributed by atoms with Crippen LogP contribution in [0.5, 0.6) is 0 Å². The van der Waals surface area contributed by atoms with Gasteiger partial charge < -0.3 is 53.8 Å². The van der Waals surface area contributed by atoms with Crippen LogP contribution < -0.4 is 16.1 Å². The largest absolute Gasteiger partial charge is 0.456 e. The minimum absolute atomic E-state index is 0.0432. The summed E-state index contributed by atoms with van der Waals surface area (Å²) in [7, 11) is 0. The van der Waals surface area contributed by atoms with Crippen LogP contribution in [0.1, 0.15) is 98.3 Å². The first-order valence-corrected chi connectivity index (χ1v) is 25.3. The van der Waals surface area contributed by atoms with E-state index in [9.17, 15) is 24.0 Å². The van der Waals surface area contributed by atoms with Crippen LogP contribution in [0, 0.1) is 5.82 Å². The molecule has 4 aliphatic heterocycles. The number of nitrogens with zero attached hydrogens (tertiary/aromatic N) is 4. The number of fused-ring (bicyclic) bond motifs is 2. The monoisotopic (exact) mass is 1010 g/mol. The molecule has 0 bridgehead atoms. The number of likely N-dealkylation sites (tertiary alicyclic amines) is 2. The molecule has 0 unspecified atom stereocenters. The molecular formula is C55H55FN8O10. The highest BCUT2D eigenvalue weighted by Crippen LogP contribution is 2.37. The summed E-state index contributed by atoms with van der Waals surface area (Å²) in [6.07, 6.45) is 6.12. The average molecular weight is 1010 g/mol. The normalized spacial score (nSPS) is 19.4. The lowest BCUT2D eigenvalue weighted by Crippen LogP contribution is -2.44. The Labute approximate surface area is 423 Å². The molecule has 4 aliphatic rings. The fourth-order valence-electron chi connectivity index (χ4n) is 10.6. The van der Waals surface area contributed by atoms with E-state index in [1.54, 1.807) is 70.6 Å². The lowest BCUT2D eigenvalue weighted by atomic mass is 10.0. The zero-order chi connectivity index (χ0) is 50.7. The zero-order valence-corrected chi connectivity index (χ0v) is 40.4. The van der Waals surface area contributed by atoms with Crippen LogP contribution in [0.4, 0.5) is 14.0 Å². The number of amides is 4. The van der Waals surface area contributed by atoms with Gasteiger partial charge in [0.25, 0.3) is 11.8 Å². The molecule has 7 aromatic rings. The Morgan fingerprint density at radius 1 is 0.622 bits per heavy atom. The van der Waals surface area contributed by atoms with Crippen LogP contribution in [0.2, 0.25) is 0 Å². The second kappa shape index (κ2) is 21.3. The predicted octanol–water partition coefficient (Wildman–Crippen LogP) is 8.49. The minimum Gasteiger partial charge on any atom is -0.456 e. The van der Waals surface area contributed by atoms with Gasteiger partial charge in [-0.1, -0.05) is 60.7 Å². The summed E-state index contributed by atoms with van der Waals surface area (Å²) in [6, 6.07) is 22.9. The van der Waals surface area contributed by atoms with Crippen molar-refractivity contribution in [3.63, 3.8) is 0 Å². The molecule has 4 saturated heterocycles. The average Bonchev–Trinajstić information content (AvgIpc) is 4.29. The van der Waals surface area contributed by atoms with E-state index >= 15 is 4.39 Å². The standard InChI is InChI=1S/C55H55FN8O10/c56-40-28-39-46(29-37(40)42-31-58-51(60-42)44-14-8-22-64(44)53(67)48(33-11-5-2-6-12-33)62-55(69)73-36-19-25-71-26-20-36)74-45-16-15-34(27-38(45)49(39)65)41-30-57-50(59-41)43-13-7-21-63(43)52(66)47(32-9-3-1-4-10-32)61-54(68)72-35-17-23-70-24-18-35/h1-6,9-12,15-16,27-31,35-36,43-44,47-48H,7-8,13-14,17-26H2,(H,57,59)(H,58,60)(H,61,68)(H,62,69)/t43-,44+,47+,48+/m0/s1. The second-order valence-electron chi connectivity index (χ2n) is 19.1. The fourth-order valence-corrected chi connectivity index (χ4v) is 10.6. The summed E-state index contributed by atoms with van der Waals surface area (Å²) in [5, 5.41) is 5.91. The molecule has 0 radical (unpaired) electrons. The summed E-state index contributed by atoms with van der Waals surface area (Å²) in [5.41, 5.74) is 2.91. The van der Waals surface area contributed by atoms with Gasteiger partial charge in [-0.05, 0) is 67.1 Å². The molecule has 74 heavy (non-hydrogen) atoms. The summed E-state index contributed by atoms with van der Waals surface area (Å²) < 4.78 is 44.6. The number of hydrogen-bond donors (Lipinski definition) is 4. The summed E-state index contributed by atoms with van der Waals surface area (Å²) in [4.78, 5) is 88.5. The number of aromatic amines is 2. The van der Waals surface area contributed by atoms with Crippen LogP contribution in [-0.4, -0.2) is 105 Å². The maximum Gasteiger partial charge on any atom is 0.408 e. The number of H-pyrrole nitrogens is 2. The van der Waals surface area contributed by atoms with Gasteiger partial charge in [0.1, 0.15) is 52.9 Å². The summed E-state index contributed by atoms with van der Waals surface area (Å²) in [6.45, 7) is 2.87. The number of aromatic nitrogens is 4. The third-order valence-electron chi connectivity index (χ3n) is 14.4. The minimum atomic E-state index is -1.02. The Morgan fingerprint density at radius 3 is 1.66 bits per heavy atom. The molecule has 0 spiro atoms. The highest BCUT2D eigenvalue weighted by atomic mass is 19.1. The van der Waals surface area contributed by atoms with E-state index in [1.165, 1.54) is 12.3 Å². The topological polar surface area (TPSA) is 223 Å². The van der Waals surface area contributed by atoms with Gasteiger partial charge in [-0.3, -0.25) is 14.4 Å². The van der Waals surface area contributed by atoms with E-state index in [-0.39, 0.29) is 51.5 Å². The molecule has 4 fully saturated rings. The SMILES string of the molecule is O=C(N[C@@H](C(=O)N1CCC[C@@H]1c1ncc(-c2cc3oc4ccc(-c5cnc([C@@H]6CCCN6C(=O)[C@H](NC(=O)OC6CCOCC6)c6ccccc6)[nH]5)cc4c(=O)c3cc2F)[nH]1)c1ccccc1)OC1CCOCC1. The van der Waals surface area contributed by atoms with Crippen molar-refractivity contribution >= 4 is 45.9 Å². The first-order chi connectivity index (χ1) is 36.1. The van der Waals surface area contributed by atoms with Crippen LogP contribution in [0.25, 0.3) is 44.5 Å². The van der Waals surface area contributed by atoms with E-state index in [2.05, 4.69) is 25.6 Å². The van der Waals surface area contributed by atoms with Crippen molar-refractivity contribution in [1.82, 2.24) is 40.4 Å². The van der Waals surface area contributed by atoms with Crippen molar-refractivity contribution in [3.05, 3.63) is 142 Å². The number of alkyl carbamates (subject to hydrolysis) is 2. The van der Waals surface area contributed by atoms with Crippen LogP contribution in [0.15, 0.2) is 113 Å². The molecule has 7 heterocycles. The molecule has 19 heteroatoms. The van der Waals surface area contributed by atoms with Gasteiger partial charge in [0, 0.05) is 49.9 Å². The Bertz CT molecular complexity index is 3240. The van der Waals surface area contributed by atoms with Gasteiger partial charge >= 0.3 is 12.2 Å². The molecule has 382 valence electrons. The first kappa shape index (κ1) is 48.4. The smallest absolute Gasteiger partial charge is 0.408 e. The number of ether oxygens (including phenoxy) is 4. The number of carbonyl (C=O) groups excluding carboxylic acids is 4. The van der Waals surface area contributed by atoms with Crippen molar-refractivity contribution in [2.45, 2.75) is 87.7 Å². The second-order valence-corrected chi connectivity index (χ2v) is 19.1. The Kier molecular flexibility index (Phi) is 13.9. The molecule has 11 rings (SSSR count). The molecule has 0 aliphatic carbocycles. The highest BCUT2D eigenvalue weighted by Gasteiger charge is 2.39. The Balaban J connectivity index is 0.802. The maximum atomic E-state index is 16.2. The first-order valence-electron chi connectivity index (χ1n) is 25.3. The molecule has 4 N–H and O–H groups in total. The van der Waals surface area contributed by atoms with Crippen molar-refractivity contribution in [2.75, 3.05) is 39.5 Å². The number of benzene rings is 4. The van der Waals surface area contributed by atoms with E-state index < -0.39 is 47.6 Å². The molecular weight excluding hydrogens is 952 g/mol. The van der Waals surface area contributed by atoms with Crippen LogP contribution in [-0.2, 0) is 28.5 Å². The van der Waals surface area contributed by atoms with Crippen molar-refractivity contribution in [3.8, 4) is 22.5 Å². The van der Waals surface area contributed by atoms with Gasteiger partial charge in [-0.25, -0.2) is 23.9 Å². The number of carbonyl (C=O) groups is 4. The zero-order valence-electron chi connectivity index (χ0n) is 40.4. The fraction of sp³-hybridized carbons (Fsp3) is 0.364. The van der Waals surface area contributed by atoms with Gasteiger partial charge in [0.05, 0.1) is 73.1 Å². The van der Waals surface area contributed by atoms with Crippen molar-refractivity contribution in [1.29, 1.82) is 0 Å². The summed E-state index contributed by atoms with van der Waals surface area (Å²) in [5.74, 6) is -0.308. The van der Waals surface area contributed by atoms with Crippen LogP contribution >= 0.6 is 0 Å². The molecule has 3 aromatic heterocycles. The van der Waals surface area contributed by atoms with Crippen molar-refractivity contribution in [2.24, 2.45) is 0 Å². The number of imidazole rings is 2. The van der Waals surface area contributed by atoms with Gasteiger partial charge in [0.15, 0.2) is 0 Å². The highest BCUT2D eigenvalue weighted by molar-refractivity contribution is 5.94. The van der Waals surface area contributed by atoms with E-state index in [1.807, 2.05) is 24.3 Å². The van der Waals surface area contributed by atoms with E-state index in [0.29, 0.717) is 124 Å². The van der Waals surface area contributed by atoms with E-state index in [4.69, 9.17) is 28.3 Å². The van der Waals surface area contributed by atoms with Gasteiger partial charge in [0.2, 0.25) is 5.43 Å². The Hall–Kier alpha value is -7.90. The predicted molar refractivity (Wildman–Crippen MR) is 268 cm³/mol. The number of rotatable bonds is 12. The third kappa shape index (κ3) is 10.1.